The second-order valence-electron chi connectivity index (χ2n) is 16.8. The molecule has 4 aliphatic heterocycles. The van der Waals surface area contributed by atoms with E-state index < -0.39 is 24.4 Å². The first kappa shape index (κ1) is 43.9. The Morgan fingerprint density at radius 3 is 1.56 bits per heavy atom. The number of amides is 4. The highest BCUT2D eigenvalue weighted by atomic mass is 19.1. The van der Waals surface area contributed by atoms with Crippen molar-refractivity contribution in [2.24, 2.45) is 0 Å². The van der Waals surface area contributed by atoms with Crippen LogP contribution in [0, 0.1) is 11.6 Å². The van der Waals surface area contributed by atoms with Crippen LogP contribution in [-0.4, -0.2) is 119 Å². The van der Waals surface area contributed by atoms with E-state index in [1.165, 1.54) is 35.8 Å². The molecular weight excluding hydrogens is 855 g/mol. The van der Waals surface area contributed by atoms with Crippen molar-refractivity contribution < 1.29 is 37.4 Å². The molecule has 4 aliphatic rings. The Bertz CT molecular complexity index is 2710. The second kappa shape index (κ2) is 19.0. The number of hydrogen-bond acceptors (Lipinski definition) is 12. The number of anilines is 4. The van der Waals surface area contributed by atoms with Crippen LogP contribution in [0.1, 0.15) is 51.6 Å². The van der Waals surface area contributed by atoms with E-state index in [2.05, 4.69) is 31.1 Å². The first-order valence-corrected chi connectivity index (χ1v) is 22.1. The van der Waals surface area contributed by atoms with Gasteiger partial charge in [0, 0.05) is 40.0 Å². The van der Waals surface area contributed by atoms with Crippen LogP contribution >= 0.6 is 0 Å². The van der Waals surface area contributed by atoms with Gasteiger partial charge in [-0.25, -0.2) is 23.1 Å². The molecule has 10 rings (SSSR count). The highest BCUT2D eigenvalue weighted by molar-refractivity contribution is 5.91. The number of rotatable bonds is 10. The van der Waals surface area contributed by atoms with Crippen LogP contribution in [0.4, 0.5) is 41.1 Å². The highest BCUT2D eigenvalue weighted by Crippen LogP contribution is 2.34. The van der Waals surface area contributed by atoms with Gasteiger partial charge >= 0.3 is 12.2 Å². The van der Waals surface area contributed by atoms with Gasteiger partial charge in [-0.3, -0.25) is 19.4 Å². The van der Waals surface area contributed by atoms with Crippen molar-refractivity contribution in [3.63, 3.8) is 0 Å². The molecule has 4 fully saturated rings. The fourth-order valence-electron chi connectivity index (χ4n) is 8.92. The van der Waals surface area contributed by atoms with Crippen molar-refractivity contribution in [3.05, 3.63) is 96.6 Å². The molecule has 66 heavy (non-hydrogen) atoms. The lowest BCUT2D eigenvalue weighted by molar-refractivity contribution is -0.120. The number of halogens is 2. The third-order valence-corrected chi connectivity index (χ3v) is 12.4. The minimum atomic E-state index is -0.544. The van der Waals surface area contributed by atoms with Crippen LogP contribution in [0.25, 0.3) is 22.1 Å². The molecular formula is C46H50F2N12O6. The lowest BCUT2D eigenvalue weighted by atomic mass is 10.0. The summed E-state index contributed by atoms with van der Waals surface area (Å²) in [5.41, 5.74) is 5.55. The van der Waals surface area contributed by atoms with E-state index in [1.807, 2.05) is 63.0 Å². The Kier molecular flexibility index (Phi) is 12.6. The molecule has 6 aromatic rings. The molecule has 0 aliphatic carbocycles. The first-order chi connectivity index (χ1) is 32.0. The molecule has 2 aromatic heterocycles. The third-order valence-electron chi connectivity index (χ3n) is 12.4. The molecule has 0 spiro atoms. The summed E-state index contributed by atoms with van der Waals surface area (Å²) in [4.78, 5) is 55.2. The molecule has 344 valence electrons. The van der Waals surface area contributed by atoms with Crippen molar-refractivity contribution in [1.29, 1.82) is 0 Å². The molecule has 4 saturated heterocycles. The van der Waals surface area contributed by atoms with Gasteiger partial charge in [-0.05, 0) is 86.3 Å². The number of ether oxygens (including phenoxy) is 2. The Balaban J connectivity index is 0.000000166. The number of benzene rings is 4. The van der Waals surface area contributed by atoms with E-state index >= 15 is 8.78 Å². The lowest BCUT2D eigenvalue weighted by Gasteiger charge is -2.34. The SMILES string of the molecule is CC(=O)NC[C@H]1CN(c2ccc(N3CCC(n4nc5ccccc5n4)CC3)c(F)c2)C(=O)O1.CC(=O)NC[C@H]1CN(c2ccc(N3CCC(n4nnc5ccccc54)CC3)c(F)c2)C(=O)O1. The minimum absolute atomic E-state index is 0.177. The van der Waals surface area contributed by atoms with Gasteiger partial charge in [0.25, 0.3) is 0 Å². The Hall–Kier alpha value is -7.38. The van der Waals surface area contributed by atoms with Gasteiger partial charge in [0.05, 0.1) is 66.5 Å². The number of carbonyl (C=O) groups excluding carboxylic acids is 4. The molecule has 6 heterocycles. The second-order valence-corrected chi connectivity index (χ2v) is 16.8. The largest absolute Gasteiger partial charge is 0.442 e. The monoisotopic (exact) mass is 904 g/mol. The van der Waals surface area contributed by atoms with E-state index in [1.54, 1.807) is 29.1 Å². The molecule has 4 amide bonds. The van der Waals surface area contributed by atoms with Crippen LogP contribution in [0.5, 0.6) is 0 Å². The van der Waals surface area contributed by atoms with Gasteiger partial charge in [0.2, 0.25) is 11.8 Å². The zero-order chi connectivity index (χ0) is 45.9. The molecule has 20 heteroatoms. The number of nitrogens with zero attached hydrogens (tertiary/aromatic N) is 10. The molecule has 0 bridgehead atoms. The first-order valence-electron chi connectivity index (χ1n) is 22.1. The molecule has 0 saturated carbocycles. The molecule has 18 nitrogen and oxygen atoms in total. The zero-order valence-corrected chi connectivity index (χ0v) is 36.6. The number of cyclic esters (lactones) is 2. The smallest absolute Gasteiger partial charge is 0.414 e. The minimum Gasteiger partial charge on any atom is -0.442 e. The summed E-state index contributed by atoms with van der Waals surface area (Å²) in [5, 5.41) is 23.0. The van der Waals surface area contributed by atoms with Crippen LogP contribution < -0.4 is 30.2 Å². The van der Waals surface area contributed by atoms with E-state index in [0.29, 0.717) is 48.9 Å². The average molecular weight is 905 g/mol. The van der Waals surface area contributed by atoms with Crippen molar-refractivity contribution >= 4 is 68.8 Å². The van der Waals surface area contributed by atoms with Gasteiger partial charge in [0.15, 0.2) is 0 Å². The summed E-state index contributed by atoms with van der Waals surface area (Å²) in [5.74, 6) is -1.15. The van der Waals surface area contributed by atoms with E-state index in [0.717, 1.165) is 47.8 Å². The number of hydrogen-bond donors (Lipinski definition) is 2. The molecule has 4 aromatic carbocycles. The van der Waals surface area contributed by atoms with Gasteiger partial charge in [-0.15, -0.1) is 5.10 Å². The number of nitrogens with one attached hydrogen (secondary N) is 2. The average Bonchev–Trinajstić information content (AvgIpc) is 4.13. The van der Waals surface area contributed by atoms with Crippen LogP contribution in [-0.2, 0) is 19.1 Å². The summed E-state index contributed by atoms with van der Waals surface area (Å²) in [6.45, 7) is 6.54. The van der Waals surface area contributed by atoms with Crippen LogP contribution in [0.3, 0.4) is 0 Å². The van der Waals surface area contributed by atoms with Crippen LogP contribution in [0.15, 0.2) is 84.9 Å². The van der Waals surface area contributed by atoms with Gasteiger partial charge in [0.1, 0.15) is 40.4 Å². The summed E-state index contributed by atoms with van der Waals surface area (Å²) < 4.78 is 42.6. The van der Waals surface area contributed by atoms with E-state index in [9.17, 15) is 19.2 Å². The van der Waals surface area contributed by atoms with Crippen LogP contribution in [0.2, 0.25) is 0 Å². The Morgan fingerprint density at radius 1 is 0.636 bits per heavy atom. The maximum absolute atomic E-state index is 15.0. The quantitative estimate of drug-likeness (QED) is 0.170. The van der Waals surface area contributed by atoms with Crippen molar-refractivity contribution in [3.8, 4) is 0 Å². The summed E-state index contributed by atoms with van der Waals surface area (Å²) in [7, 11) is 0. The molecule has 0 radical (unpaired) electrons. The third kappa shape index (κ3) is 9.52. The maximum Gasteiger partial charge on any atom is 0.414 e. The summed E-state index contributed by atoms with van der Waals surface area (Å²) in [6.07, 6.45) is 1.27. The Labute approximate surface area is 378 Å². The van der Waals surface area contributed by atoms with Crippen molar-refractivity contribution in [2.45, 2.75) is 63.8 Å². The maximum atomic E-state index is 15.0. The Morgan fingerprint density at radius 2 is 1.09 bits per heavy atom. The standard InChI is InChI=1S/2C23H25FN6O3/c1-15(31)25-13-18-14-29(23(32)33-18)17-6-7-21(19(24)12-17)28-10-8-16(9-11-28)30-22-5-3-2-4-20(22)26-27-30;1-15(31)25-13-18-14-29(23(32)33-18)17-6-7-22(19(24)12-17)28-10-8-16(9-11-28)30-26-20-4-2-3-5-21(20)27-30/h2*2-7,12,16,18H,8-11,13-14H2,1H3,(H,25,31)/t2*18-/m00/s1. The topological polar surface area (TPSA) is 185 Å². The number of piperidine rings is 2. The predicted octanol–water partition coefficient (Wildman–Crippen LogP) is 5.75. The van der Waals surface area contributed by atoms with Crippen molar-refractivity contribution in [2.75, 3.05) is 72.0 Å². The fourth-order valence-corrected chi connectivity index (χ4v) is 8.92. The van der Waals surface area contributed by atoms with E-state index in [-0.39, 0.29) is 61.7 Å². The number of carbonyl (C=O) groups is 4. The molecule has 2 N–H and O–H groups in total. The normalized spacial score (nSPS) is 19.2. The van der Waals surface area contributed by atoms with Crippen molar-refractivity contribution in [1.82, 2.24) is 40.6 Å². The summed E-state index contributed by atoms with van der Waals surface area (Å²) >= 11 is 0. The van der Waals surface area contributed by atoms with E-state index in [4.69, 9.17) is 9.47 Å². The predicted molar refractivity (Wildman–Crippen MR) is 241 cm³/mol. The number of fused-ring (bicyclic) bond motifs is 2. The number of para-hydroxylation sites is 1. The molecule has 2 atom stereocenters. The van der Waals surface area contributed by atoms with Gasteiger partial charge in [-0.1, -0.05) is 29.5 Å². The number of aromatic nitrogens is 6. The van der Waals surface area contributed by atoms with Gasteiger partial charge < -0.3 is 29.9 Å². The lowest BCUT2D eigenvalue weighted by Crippen LogP contribution is -2.36. The molecule has 0 unspecified atom stereocenters. The fraction of sp³-hybridized carbons (Fsp3) is 0.391. The highest BCUT2D eigenvalue weighted by Gasteiger charge is 2.35. The van der Waals surface area contributed by atoms with Gasteiger partial charge in [-0.2, -0.15) is 15.0 Å². The zero-order valence-electron chi connectivity index (χ0n) is 36.6. The summed E-state index contributed by atoms with van der Waals surface area (Å²) in [6, 6.07) is 25.7.